The van der Waals surface area contributed by atoms with Crippen LogP contribution in [-0.4, -0.2) is 33.2 Å². The summed E-state index contributed by atoms with van der Waals surface area (Å²) in [7, 11) is 1.61. The van der Waals surface area contributed by atoms with Gasteiger partial charge in [-0.05, 0) is 55.5 Å². The largest absolute Gasteiger partial charge is 0.497 e. The molecule has 0 saturated carbocycles. The van der Waals surface area contributed by atoms with Crippen LogP contribution in [-0.2, 0) is 6.54 Å². The number of benzene rings is 2. The Morgan fingerprint density at radius 2 is 1.80 bits per heavy atom. The van der Waals surface area contributed by atoms with Gasteiger partial charge in [0.25, 0.3) is 5.91 Å². The molecule has 2 heterocycles. The number of aromatic amines is 1. The standard InChI is InChI=1S/C21H18FN5O2S/c1-12-18(30-21(24-12)14-3-7-15(22)8-4-14)20(28)23-11-17-25-19(27-26-17)13-5-9-16(29-2)10-6-13/h3-10H,11H2,1-2H3,(H,23,28)(H,25,26,27). The SMILES string of the molecule is COc1ccc(-c2n[nH]c(CNC(=O)c3sc(-c4ccc(F)cc4)nc3C)n2)cc1. The van der Waals surface area contributed by atoms with Crippen LogP contribution in [0.25, 0.3) is 22.0 Å². The minimum atomic E-state index is -0.314. The molecule has 0 unspecified atom stereocenters. The van der Waals surface area contributed by atoms with Crippen LogP contribution >= 0.6 is 11.3 Å². The van der Waals surface area contributed by atoms with Gasteiger partial charge in [-0.15, -0.1) is 11.3 Å². The Morgan fingerprint density at radius 3 is 2.50 bits per heavy atom. The topological polar surface area (TPSA) is 92.8 Å². The third kappa shape index (κ3) is 4.20. The van der Waals surface area contributed by atoms with Crippen molar-refractivity contribution in [1.82, 2.24) is 25.5 Å². The van der Waals surface area contributed by atoms with E-state index in [9.17, 15) is 9.18 Å². The summed E-state index contributed by atoms with van der Waals surface area (Å²) in [6, 6.07) is 13.4. The molecule has 0 atom stereocenters. The van der Waals surface area contributed by atoms with Crippen molar-refractivity contribution in [3.05, 3.63) is 70.7 Å². The van der Waals surface area contributed by atoms with Crippen molar-refractivity contribution in [2.45, 2.75) is 13.5 Å². The Bertz CT molecular complexity index is 1170. The molecule has 0 fully saturated rings. The first-order valence-electron chi connectivity index (χ1n) is 9.11. The molecule has 9 heteroatoms. The Morgan fingerprint density at radius 1 is 1.10 bits per heavy atom. The molecule has 1 amide bonds. The third-order valence-corrected chi connectivity index (χ3v) is 5.60. The van der Waals surface area contributed by atoms with Crippen LogP contribution in [0.2, 0.25) is 0 Å². The fraction of sp³-hybridized carbons (Fsp3) is 0.143. The van der Waals surface area contributed by atoms with Gasteiger partial charge in [-0.25, -0.2) is 14.4 Å². The first-order chi connectivity index (χ1) is 14.5. The van der Waals surface area contributed by atoms with Gasteiger partial charge >= 0.3 is 0 Å². The van der Waals surface area contributed by atoms with E-state index in [-0.39, 0.29) is 18.3 Å². The smallest absolute Gasteiger partial charge is 0.263 e. The zero-order valence-electron chi connectivity index (χ0n) is 16.3. The van der Waals surface area contributed by atoms with Crippen molar-refractivity contribution in [3.63, 3.8) is 0 Å². The van der Waals surface area contributed by atoms with E-state index in [1.165, 1.54) is 23.5 Å². The number of ether oxygens (including phenoxy) is 1. The molecule has 2 aromatic carbocycles. The molecule has 0 aliphatic rings. The number of methoxy groups -OCH3 is 1. The van der Waals surface area contributed by atoms with Crippen molar-refractivity contribution in [3.8, 4) is 27.7 Å². The second-order valence-electron chi connectivity index (χ2n) is 6.46. The molecule has 0 aliphatic carbocycles. The normalized spacial score (nSPS) is 10.8. The zero-order valence-corrected chi connectivity index (χ0v) is 17.1. The molecule has 4 rings (SSSR count). The molecule has 30 heavy (non-hydrogen) atoms. The van der Waals surface area contributed by atoms with E-state index in [2.05, 4.69) is 25.5 Å². The van der Waals surface area contributed by atoms with Gasteiger partial charge in [0, 0.05) is 11.1 Å². The lowest BCUT2D eigenvalue weighted by atomic mass is 10.2. The fourth-order valence-corrected chi connectivity index (χ4v) is 3.80. The second kappa shape index (κ2) is 8.42. The lowest BCUT2D eigenvalue weighted by molar-refractivity contribution is 0.0953. The summed E-state index contributed by atoms with van der Waals surface area (Å²) >= 11 is 1.26. The monoisotopic (exact) mass is 423 g/mol. The first kappa shape index (κ1) is 19.7. The van der Waals surface area contributed by atoms with Crippen LogP contribution in [0.4, 0.5) is 4.39 Å². The molecule has 7 nitrogen and oxygen atoms in total. The number of carbonyl (C=O) groups excluding carboxylic acids is 1. The maximum atomic E-state index is 13.1. The van der Waals surface area contributed by atoms with E-state index in [1.807, 2.05) is 24.3 Å². The number of H-pyrrole nitrogens is 1. The van der Waals surface area contributed by atoms with Crippen molar-refractivity contribution in [2.75, 3.05) is 7.11 Å². The van der Waals surface area contributed by atoms with Crippen LogP contribution in [0.3, 0.4) is 0 Å². The number of halogens is 1. The highest BCUT2D eigenvalue weighted by Gasteiger charge is 2.17. The van der Waals surface area contributed by atoms with Crippen LogP contribution < -0.4 is 10.1 Å². The summed E-state index contributed by atoms with van der Waals surface area (Å²) in [4.78, 5) is 22.0. The summed E-state index contributed by atoms with van der Waals surface area (Å²) in [6.45, 7) is 1.97. The maximum Gasteiger partial charge on any atom is 0.263 e. The molecule has 2 N–H and O–H groups in total. The summed E-state index contributed by atoms with van der Waals surface area (Å²) < 4.78 is 18.3. The van der Waals surface area contributed by atoms with E-state index in [0.717, 1.165) is 16.9 Å². The van der Waals surface area contributed by atoms with Gasteiger partial charge in [-0.1, -0.05) is 0 Å². The zero-order chi connectivity index (χ0) is 21.1. The van der Waals surface area contributed by atoms with Crippen molar-refractivity contribution < 1.29 is 13.9 Å². The number of nitrogens with one attached hydrogen (secondary N) is 2. The Kier molecular flexibility index (Phi) is 5.53. The van der Waals surface area contributed by atoms with E-state index >= 15 is 0 Å². The number of nitrogens with zero attached hydrogens (tertiary/aromatic N) is 3. The van der Waals surface area contributed by atoms with Crippen molar-refractivity contribution >= 4 is 17.2 Å². The maximum absolute atomic E-state index is 13.1. The first-order valence-corrected chi connectivity index (χ1v) is 9.92. The van der Waals surface area contributed by atoms with Gasteiger partial charge in [0.2, 0.25) is 0 Å². The number of hydrogen-bond donors (Lipinski definition) is 2. The van der Waals surface area contributed by atoms with Crippen LogP contribution in [0, 0.1) is 12.7 Å². The summed E-state index contributed by atoms with van der Waals surface area (Å²) in [5.41, 5.74) is 2.23. The highest BCUT2D eigenvalue weighted by Crippen LogP contribution is 2.28. The van der Waals surface area contributed by atoms with Crippen molar-refractivity contribution in [1.29, 1.82) is 0 Å². The van der Waals surface area contributed by atoms with Crippen LogP contribution in [0.15, 0.2) is 48.5 Å². The second-order valence-corrected chi connectivity index (χ2v) is 7.46. The van der Waals surface area contributed by atoms with Gasteiger partial charge in [-0.2, -0.15) is 5.10 Å². The number of thiazole rings is 1. The van der Waals surface area contributed by atoms with E-state index < -0.39 is 0 Å². The molecule has 0 aliphatic heterocycles. The highest BCUT2D eigenvalue weighted by molar-refractivity contribution is 7.17. The lowest BCUT2D eigenvalue weighted by Gasteiger charge is -2.01. The molecular formula is C21H18FN5O2S. The lowest BCUT2D eigenvalue weighted by Crippen LogP contribution is -2.23. The van der Waals surface area contributed by atoms with Gasteiger partial charge in [-0.3, -0.25) is 9.89 Å². The number of aromatic nitrogens is 4. The molecular weight excluding hydrogens is 405 g/mol. The third-order valence-electron chi connectivity index (χ3n) is 4.39. The van der Waals surface area contributed by atoms with E-state index in [0.29, 0.717) is 27.2 Å². The van der Waals surface area contributed by atoms with Gasteiger partial charge in [0.05, 0.1) is 19.3 Å². The summed E-state index contributed by atoms with van der Waals surface area (Å²) in [5.74, 6) is 1.26. The van der Waals surface area contributed by atoms with Crippen LogP contribution in [0.5, 0.6) is 5.75 Å². The average Bonchev–Trinajstić information content (AvgIpc) is 3.39. The number of carbonyl (C=O) groups is 1. The van der Waals surface area contributed by atoms with Crippen molar-refractivity contribution in [2.24, 2.45) is 0 Å². The number of amides is 1. The molecule has 0 saturated heterocycles. The van der Waals surface area contributed by atoms with Gasteiger partial charge in [0.15, 0.2) is 5.82 Å². The Hall–Kier alpha value is -3.59. The van der Waals surface area contributed by atoms with Gasteiger partial charge < -0.3 is 10.1 Å². The fourth-order valence-electron chi connectivity index (χ4n) is 2.81. The molecule has 0 radical (unpaired) electrons. The van der Waals surface area contributed by atoms with E-state index in [1.54, 1.807) is 26.2 Å². The number of rotatable bonds is 6. The number of hydrogen-bond acceptors (Lipinski definition) is 6. The number of aryl methyl sites for hydroxylation is 1. The quantitative estimate of drug-likeness (QED) is 0.489. The average molecular weight is 423 g/mol. The summed E-state index contributed by atoms with van der Waals surface area (Å²) in [6.07, 6.45) is 0. The Labute approximate surface area is 176 Å². The van der Waals surface area contributed by atoms with Crippen LogP contribution in [0.1, 0.15) is 21.2 Å². The minimum Gasteiger partial charge on any atom is -0.497 e. The molecule has 0 bridgehead atoms. The summed E-state index contributed by atoms with van der Waals surface area (Å²) in [5, 5.41) is 10.5. The molecule has 0 spiro atoms. The highest BCUT2D eigenvalue weighted by atomic mass is 32.1. The predicted octanol–water partition coefficient (Wildman–Crippen LogP) is 3.98. The molecule has 152 valence electrons. The minimum absolute atomic E-state index is 0.200. The molecule has 2 aromatic heterocycles. The van der Waals surface area contributed by atoms with E-state index in [4.69, 9.17) is 4.74 Å². The predicted molar refractivity (Wildman–Crippen MR) is 112 cm³/mol. The Balaban J connectivity index is 1.42. The van der Waals surface area contributed by atoms with Gasteiger partial charge in [0.1, 0.15) is 27.3 Å². The molecule has 4 aromatic rings.